The number of hydrogen-bond acceptors (Lipinski definition) is 4. The van der Waals surface area contributed by atoms with Crippen molar-refractivity contribution in [3.63, 3.8) is 0 Å². The summed E-state index contributed by atoms with van der Waals surface area (Å²) < 4.78 is 1.06. The number of halogens is 2. The average molecular weight is 600 g/mol. The summed E-state index contributed by atoms with van der Waals surface area (Å²) in [5.41, 5.74) is 3.11. The third-order valence-corrected chi connectivity index (χ3v) is 6.61. The highest BCUT2D eigenvalue weighted by Crippen LogP contribution is 2.30. The lowest BCUT2D eigenvalue weighted by Gasteiger charge is -2.16. The molecule has 0 fully saturated rings. The maximum absolute atomic E-state index is 13.1. The monoisotopic (exact) mass is 599 g/mol. The molecule has 178 valence electrons. The van der Waals surface area contributed by atoms with Crippen LogP contribution in [0.3, 0.4) is 0 Å². The maximum atomic E-state index is 13.1. The van der Waals surface area contributed by atoms with Gasteiger partial charge in [-0.1, -0.05) is 43.1 Å². The molecule has 0 aromatic heterocycles. The van der Waals surface area contributed by atoms with Crippen LogP contribution in [0.25, 0.3) is 0 Å². The number of imide groups is 1. The van der Waals surface area contributed by atoms with Crippen LogP contribution in [0.15, 0.2) is 83.5 Å². The van der Waals surface area contributed by atoms with E-state index in [9.17, 15) is 14.4 Å². The van der Waals surface area contributed by atoms with Crippen LogP contribution in [0, 0.1) is 3.57 Å². The van der Waals surface area contributed by atoms with E-state index in [1.165, 1.54) is 0 Å². The predicted octanol–water partition coefficient (Wildman–Crippen LogP) is 6.32. The number of hydrogen-bond donors (Lipinski definition) is 2. The molecule has 0 saturated heterocycles. The minimum Gasteiger partial charge on any atom is -0.350 e. The Morgan fingerprint density at radius 3 is 2.34 bits per heavy atom. The zero-order valence-electron chi connectivity index (χ0n) is 19.0. The van der Waals surface area contributed by atoms with Gasteiger partial charge >= 0.3 is 0 Å². The first-order valence-corrected chi connectivity index (χ1v) is 12.6. The van der Waals surface area contributed by atoms with Crippen molar-refractivity contribution >= 4 is 69.0 Å². The second kappa shape index (κ2) is 11.0. The zero-order chi connectivity index (χ0) is 24.9. The number of carbonyl (C=O) groups is 3. The van der Waals surface area contributed by atoms with E-state index in [2.05, 4.69) is 40.1 Å². The van der Waals surface area contributed by atoms with Gasteiger partial charge < -0.3 is 10.6 Å². The Hall–Kier alpha value is -3.17. The summed E-state index contributed by atoms with van der Waals surface area (Å²) in [6, 6.07) is 21.4. The highest BCUT2D eigenvalue weighted by atomic mass is 127. The van der Waals surface area contributed by atoms with Crippen molar-refractivity contribution in [2.45, 2.75) is 26.2 Å². The van der Waals surface area contributed by atoms with Crippen LogP contribution in [0.1, 0.15) is 35.7 Å². The van der Waals surface area contributed by atoms with Crippen LogP contribution in [0.5, 0.6) is 0 Å². The lowest BCUT2D eigenvalue weighted by atomic mass is 10.1. The second-order valence-electron chi connectivity index (χ2n) is 8.07. The Balaban J connectivity index is 1.49. The van der Waals surface area contributed by atoms with Gasteiger partial charge in [0.1, 0.15) is 10.7 Å². The molecular weight excluding hydrogens is 577 g/mol. The molecule has 0 saturated carbocycles. The maximum Gasteiger partial charge on any atom is 0.283 e. The number of rotatable bonds is 8. The summed E-state index contributed by atoms with van der Waals surface area (Å²) in [6.07, 6.45) is 3.11. The van der Waals surface area contributed by atoms with Gasteiger partial charge in [-0.3, -0.25) is 14.4 Å². The number of benzene rings is 3. The number of carbonyl (C=O) groups excluding carboxylic acids is 3. The molecule has 0 spiro atoms. The third-order valence-electron chi connectivity index (χ3n) is 5.54. The molecule has 2 N–H and O–H groups in total. The predicted molar refractivity (Wildman–Crippen MR) is 148 cm³/mol. The van der Waals surface area contributed by atoms with E-state index >= 15 is 0 Å². The Morgan fingerprint density at radius 1 is 0.943 bits per heavy atom. The largest absolute Gasteiger partial charge is 0.350 e. The Labute approximate surface area is 222 Å². The fourth-order valence-corrected chi connectivity index (χ4v) is 4.23. The van der Waals surface area contributed by atoms with Crippen molar-refractivity contribution in [1.82, 2.24) is 0 Å². The molecule has 1 aliphatic heterocycles. The molecule has 8 heteroatoms. The lowest BCUT2D eigenvalue weighted by molar-refractivity contribution is -0.120. The first-order chi connectivity index (χ1) is 16.9. The third kappa shape index (κ3) is 5.74. The molecule has 0 radical (unpaired) electrons. The van der Waals surface area contributed by atoms with Crippen LogP contribution >= 0.6 is 34.2 Å². The van der Waals surface area contributed by atoms with Crippen molar-refractivity contribution in [2.24, 2.45) is 0 Å². The van der Waals surface area contributed by atoms with Crippen molar-refractivity contribution in [1.29, 1.82) is 0 Å². The fraction of sp³-hybridized carbons (Fsp3) is 0.148. The van der Waals surface area contributed by atoms with Crippen molar-refractivity contribution in [2.75, 3.05) is 15.5 Å². The first-order valence-electron chi connectivity index (χ1n) is 11.2. The molecule has 1 aliphatic rings. The van der Waals surface area contributed by atoms with Crippen LogP contribution in [0.2, 0.25) is 0 Å². The van der Waals surface area contributed by atoms with Crippen LogP contribution < -0.4 is 15.5 Å². The van der Waals surface area contributed by atoms with E-state index in [4.69, 9.17) is 11.6 Å². The molecule has 0 aliphatic carbocycles. The van der Waals surface area contributed by atoms with Gasteiger partial charge in [0.2, 0.25) is 0 Å². The average Bonchev–Trinajstić information content (AvgIpc) is 3.07. The van der Waals surface area contributed by atoms with E-state index in [0.29, 0.717) is 22.6 Å². The summed E-state index contributed by atoms with van der Waals surface area (Å²) in [5, 5.41) is 5.57. The highest BCUT2D eigenvalue weighted by molar-refractivity contribution is 14.1. The molecule has 1 heterocycles. The van der Waals surface area contributed by atoms with Gasteiger partial charge in [-0.15, -0.1) is 0 Å². The summed E-state index contributed by atoms with van der Waals surface area (Å²) in [6.45, 7) is 2.13. The van der Waals surface area contributed by atoms with E-state index in [-0.39, 0.29) is 16.6 Å². The van der Waals surface area contributed by atoms with Gasteiger partial charge in [-0.25, -0.2) is 4.90 Å². The van der Waals surface area contributed by atoms with Crippen molar-refractivity contribution in [3.8, 4) is 0 Å². The Kier molecular flexibility index (Phi) is 7.87. The summed E-state index contributed by atoms with van der Waals surface area (Å²) in [7, 11) is 0. The number of nitrogens with zero attached hydrogens (tertiary/aromatic N) is 1. The molecule has 35 heavy (non-hydrogen) atoms. The van der Waals surface area contributed by atoms with Gasteiger partial charge in [-0.2, -0.15) is 0 Å². The number of amides is 3. The molecule has 4 rings (SSSR count). The number of nitrogens with one attached hydrogen (secondary N) is 2. The van der Waals surface area contributed by atoms with Crippen LogP contribution in [-0.4, -0.2) is 17.7 Å². The summed E-state index contributed by atoms with van der Waals surface area (Å²) in [5.74, 6) is -1.43. The molecule has 0 atom stereocenters. The lowest BCUT2D eigenvalue weighted by Crippen LogP contribution is -2.32. The minimum absolute atomic E-state index is 0.0260. The van der Waals surface area contributed by atoms with E-state index in [1.54, 1.807) is 36.4 Å². The smallest absolute Gasteiger partial charge is 0.283 e. The van der Waals surface area contributed by atoms with Crippen molar-refractivity contribution in [3.05, 3.63) is 98.2 Å². The SMILES string of the molecule is CCCCc1ccc(N2C(=O)C(Cl)=C(Nc3cccc(C(=O)Nc4ccc(I)cc4)c3)C2=O)cc1. The van der Waals surface area contributed by atoms with Gasteiger partial charge in [0, 0.05) is 20.5 Å². The summed E-state index contributed by atoms with van der Waals surface area (Å²) >= 11 is 8.46. The molecule has 3 aromatic rings. The van der Waals surface area contributed by atoms with Crippen LogP contribution in [0.4, 0.5) is 17.1 Å². The number of aryl methyl sites for hydroxylation is 1. The molecule has 3 aromatic carbocycles. The first kappa shape index (κ1) is 24.9. The van der Waals surface area contributed by atoms with Gasteiger partial charge in [0.05, 0.1) is 5.69 Å². The standard InChI is InChI=1S/C27H23ClIN3O3/c1-2-3-5-17-8-14-22(15-9-17)32-26(34)23(28)24(27(32)35)30-21-7-4-6-18(16-21)25(33)31-20-12-10-19(29)11-13-20/h4,6-16,30H,2-3,5H2,1H3,(H,31,33). The van der Waals surface area contributed by atoms with Crippen molar-refractivity contribution < 1.29 is 14.4 Å². The normalized spacial score (nSPS) is 13.4. The molecule has 0 unspecified atom stereocenters. The van der Waals surface area contributed by atoms with E-state index in [1.807, 2.05) is 36.4 Å². The molecule has 6 nitrogen and oxygen atoms in total. The topological polar surface area (TPSA) is 78.5 Å². The van der Waals surface area contributed by atoms with Gasteiger partial charge in [-0.05, 0) is 95.6 Å². The molecule has 3 amide bonds. The Bertz CT molecular complexity index is 1300. The fourth-order valence-electron chi connectivity index (χ4n) is 3.66. The summed E-state index contributed by atoms with van der Waals surface area (Å²) in [4.78, 5) is 39.6. The Morgan fingerprint density at radius 2 is 1.66 bits per heavy atom. The van der Waals surface area contributed by atoms with Gasteiger partial charge in [0.15, 0.2) is 0 Å². The van der Waals surface area contributed by atoms with Gasteiger partial charge in [0.25, 0.3) is 17.7 Å². The number of anilines is 3. The zero-order valence-corrected chi connectivity index (χ0v) is 21.9. The van der Waals surface area contributed by atoms with E-state index in [0.717, 1.165) is 33.3 Å². The molecular formula is C27H23ClIN3O3. The quantitative estimate of drug-likeness (QED) is 0.235. The highest BCUT2D eigenvalue weighted by Gasteiger charge is 2.39. The van der Waals surface area contributed by atoms with Crippen LogP contribution in [-0.2, 0) is 16.0 Å². The molecule has 0 bridgehead atoms. The number of unbranched alkanes of at least 4 members (excludes halogenated alkanes) is 1. The second-order valence-corrected chi connectivity index (χ2v) is 9.70. The minimum atomic E-state index is -0.590. The van der Waals surface area contributed by atoms with E-state index < -0.39 is 11.8 Å².